The van der Waals surface area contributed by atoms with Gasteiger partial charge in [0, 0.05) is 17.3 Å². The zero-order chi connectivity index (χ0) is 28.0. The largest absolute Gasteiger partial charge is 0.496 e. The Morgan fingerprint density at radius 3 is 1.95 bits per heavy atom. The third-order valence-corrected chi connectivity index (χ3v) is 9.60. The van der Waals surface area contributed by atoms with Gasteiger partial charge in [0.1, 0.15) is 23.1 Å². The number of hydrogen-bond acceptors (Lipinski definition) is 3. The van der Waals surface area contributed by atoms with Crippen LogP contribution in [-0.4, -0.2) is 25.2 Å². The van der Waals surface area contributed by atoms with E-state index in [0.717, 1.165) is 16.9 Å². The fourth-order valence-electron chi connectivity index (χ4n) is 4.81. The molecule has 38 heavy (non-hydrogen) atoms. The molecule has 0 aromatic heterocycles. The maximum atomic E-state index is 13.9. The normalized spacial score (nSPS) is 17.7. The molecule has 3 aromatic rings. The summed E-state index contributed by atoms with van der Waals surface area (Å²) >= 11 is 0. The molecular formula is C28H27F6O3P. The maximum Gasteiger partial charge on any atom is 0.416 e. The highest BCUT2D eigenvalue weighted by Gasteiger charge is 2.45. The third kappa shape index (κ3) is 5.31. The van der Waals surface area contributed by atoms with Crippen LogP contribution in [0.25, 0.3) is 11.1 Å². The number of benzene rings is 3. The van der Waals surface area contributed by atoms with Crippen LogP contribution in [0.15, 0.2) is 54.6 Å². The zero-order valence-corrected chi connectivity index (χ0v) is 22.3. The summed E-state index contributed by atoms with van der Waals surface area (Å²) in [7, 11) is 1.81. The maximum absolute atomic E-state index is 13.9. The highest BCUT2D eigenvalue weighted by Crippen LogP contribution is 2.61. The summed E-state index contributed by atoms with van der Waals surface area (Å²) in [5, 5.41) is 0.434. The van der Waals surface area contributed by atoms with Crippen LogP contribution in [0.3, 0.4) is 0 Å². The van der Waals surface area contributed by atoms with Gasteiger partial charge in [0.2, 0.25) is 0 Å². The van der Waals surface area contributed by atoms with Gasteiger partial charge in [-0.15, -0.1) is 0 Å². The Labute approximate surface area is 218 Å². The highest BCUT2D eigenvalue weighted by atomic mass is 31.1. The molecule has 0 aliphatic carbocycles. The second kappa shape index (κ2) is 9.99. The SMILES string of the molecule is COc1cccc(OC)c1-c1cccc2c1[P@](C(C)(C)C)[C@@H](Cc1ccc(C(F)(F)F)cc1C(F)(F)F)O2. The second-order valence-corrected chi connectivity index (χ2v) is 13.0. The summed E-state index contributed by atoms with van der Waals surface area (Å²) < 4.78 is 98.8. The van der Waals surface area contributed by atoms with Gasteiger partial charge < -0.3 is 14.2 Å². The molecule has 3 nitrogen and oxygen atoms in total. The van der Waals surface area contributed by atoms with Gasteiger partial charge in [-0.2, -0.15) is 26.3 Å². The van der Waals surface area contributed by atoms with E-state index in [0.29, 0.717) is 28.9 Å². The predicted molar refractivity (Wildman–Crippen MR) is 136 cm³/mol. The molecule has 4 rings (SSSR count). The fraction of sp³-hybridized carbons (Fsp3) is 0.357. The first-order valence-corrected chi connectivity index (χ1v) is 13.2. The first-order chi connectivity index (χ1) is 17.7. The zero-order valence-electron chi connectivity index (χ0n) is 21.4. The van der Waals surface area contributed by atoms with E-state index in [1.54, 1.807) is 30.3 Å². The Balaban J connectivity index is 1.85. The molecule has 0 radical (unpaired) electrons. The van der Waals surface area contributed by atoms with Crippen LogP contribution < -0.4 is 19.5 Å². The lowest BCUT2D eigenvalue weighted by atomic mass is 10.0. The average molecular weight is 556 g/mol. The molecule has 0 bridgehead atoms. The second-order valence-electron chi connectivity index (χ2n) is 9.87. The van der Waals surface area contributed by atoms with Gasteiger partial charge in [-0.3, -0.25) is 0 Å². The summed E-state index contributed by atoms with van der Waals surface area (Å²) in [6.45, 7) is 5.95. The van der Waals surface area contributed by atoms with E-state index >= 15 is 0 Å². The molecule has 1 aliphatic rings. The number of alkyl halides is 6. The summed E-state index contributed by atoms with van der Waals surface area (Å²) in [5.41, 5.74) is -1.41. The molecule has 0 saturated carbocycles. The van der Waals surface area contributed by atoms with Gasteiger partial charge in [0.05, 0.1) is 30.9 Å². The lowest BCUT2D eigenvalue weighted by Gasteiger charge is -2.33. The van der Waals surface area contributed by atoms with E-state index in [2.05, 4.69) is 0 Å². The molecule has 0 saturated heterocycles. The molecule has 0 unspecified atom stereocenters. The van der Waals surface area contributed by atoms with Gasteiger partial charge in [-0.25, -0.2) is 0 Å². The molecule has 204 valence electrons. The molecule has 3 aromatic carbocycles. The van der Waals surface area contributed by atoms with Gasteiger partial charge in [0.15, 0.2) is 0 Å². The molecule has 10 heteroatoms. The molecule has 1 aliphatic heterocycles. The number of methoxy groups -OCH3 is 2. The van der Waals surface area contributed by atoms with Crippen LogP contribution in [-0.2, 0) is 18.8 Å². The van der Waals surface area contributed by atoms with Crippen LogP contribution >= 0.6 is 7.92 Å². The van der Waals surface area contributed by atoms with E-state index in [-0.39, 0.29) is 18.1 Å². The average Bonchev–Trinajstić information content (AvgIpc) is 3.21. The van der Waals surface area contributed by atoms with E-state index in [1.807, 2.05) is 26.8 Å². The number of fused-ring (bicyclic) bond motifs is 1. The van der Waals surface area contributed by atoms with Crippen molar-refractivity contribution in [3.63, 3.8) is 0 Å². The van der Waals surface area contributed by atoms with Gasteiger partial charge >= 0.3 is 12.4 Å². The van der Waals surface area contributed by atoms with Crippen molar-refractivity contribution in [1.82, 2.24) is 0 Å². The first kappa shape index (κ1) is 28.1. The van der Waals surface area contributed by atoms with Gasteiger partial charge in [0.25, 0.3) is 0 Å². The monoisotopic (exact) mass is 556 g/mol. The van der Waals surface area contributed by atoms with Crippen molar-refractivity contribution in [2.45, 2.75) is 50.5 Å². The van der Waals surface area contributed by atoms with Gasteiger partial charge in [-0.1, -0.05) is 45.0 Å². The Bertz CT molecular complexity index is 1310. The first-order valence-electron chi connectivity index (χ1n) is 11.7. The minimum atomic E-state index is -4.96. The number of halogens is 6. The topological polar surface area (TPSA) is 27.7 Å². The van der Waals surface area contributed by atoms with Crippen molar-refractivity contribution >= 4 is 13.2 Å². The molecule has 0 fully saturated rings. The van der Waals surface area contributed by atoms with Gasteiger partial charge in [-0.05, 0) is 49.0 Å². The number of ether oxygens (including phenoxy) is 3. The minimum absolute atomic E-state index is 0.182. The molecule has 1 heterocycles. The van der Waals surface area contributed by atoms with Crippen molar-refractivity contribution in [3.8, 4) is 28.4 Å². The molecule has 0 spiro atoms. The standard InChI is InChI=1S/C28H27F6O3P/c1-26(2,3)38-23(14-16-12-13-17(27(29,30)31)15-19(16)28(32,33)34)37-22-11-6-8-18(25(22)38)24-20(35-4)9-7-10-21(24)36-5/h6-13,15,23H,14H2,1-5H3/t23-,38+/m0/s1. The van der Waals surface area contributed by atoms with Crippen LogP contribution in [0.5, 0.6) is 17.2 Å². The summed E-state index contributed by atoms with van der Waals surface area (Å²) in [5.74, 6) is 0.959. The number of hydrogen-bond donors (Lipinski definition) is 0. The summed E-state index contributed by atoms with van der Waals surface area (Å²) in [4.78, 5) is 0. The van der Waals surface area contributed by atoms with Crippen molar-refractivity contribution in [2.75, 3.05) is 14.2 Å². The lowest BCUT2D eigenvalue weighted by Crippen LogP contribution is -2.27. The van der Waals surface area contributed by atoms with Crippen LogP contribution in [0.1, 0.15) is 37.5 Å². The summed E-state index contributed by atoms with van der Waals surface area (Å²) in [6, 6.07) is 12.6. The third-order valence-electron chi connectivity index (χ3n) is 6.35. The Hall–Kier alpha value is -2.93. The molecule has 2 atom stereocenters. The smallest absolute Gasteiger partial charge is 0.416 e. The van der Waals surface area contributed by atoms with Crippen molar-refractivity contribution < 1.29 is 40.6 Å². The highest BCUT2D eigenvalue weighted by molar-refractivity contribution is 7.68. The van der Waals surface area contributed by atoms with Crippen molar-refractivity contribution in [2.24, 2.45) is 0 Å². The van der Waals surface area contributed by atoms with Crippen LogP contribution in [0, 0.1) is 0 Å². The lowest BCUT2D eigenvalue weighted by molar-refractivity contribution is -0.143. The quantitative estimate of drug-likeness (QED) is 0.234. The molecule has 0 N–H and O–H groups in total. The fourth-order valence-corrected chi connectivity index (χ4v) is 8.04. The van der Waals surface area contributed by atoms with E-state index in [1.165, 1.54) is 14.2 Å². The predicted octanol–water partition coefficient (Wildman–Crippen LogP) is 8.28. The number of rotatable bonds is 5. The Morgan fingerprint density at radius 2 is 1.42 bits per heavy atom. The molecule has 0 amide bonds. The molecular weight excluding hydrogens is 529 g/mol. The van der Waals surface area contributed by atoms with Crippen LogP contribution in [0.4, 0.5) is 26.3 Å². The van der Waals surface area contributed by atoms with Crippen molar-refractivity contribution in [1.29, 1.82) is 0 Å². The van der Waals surface area contributed by atoms with E-state index in [4.69, 9.17) is 14.2 Å². The van der Waals surface area contributed by atoms with Crippen LogP contribution in [0.2, 0.25) is 0 Å². The van der Waals surface area contributed by atoms with E-state index in [9.17, 15) is 26.3 Å². The van der Waals surface area contributed by atoms with Crippen molar-refractivity contribution in [3.05, 3.63) is 71.3 Å². The summed E-state index contributed by atoms with van der Waals surface area (Å²) in [6.07, 6.45) is -10.0. The Morgan fingerprint density at radius 1 is 0.816 bits per heavy atom. The van der Waals surface area contributed by atoms with E-state index < -0.39 is 42.4 Å². The minimum Gasteiger partial charge on any atom is -0.496 e. The Kier molecular flexibility index (Phi) is 7.38.